The van der Waals surface area contributed by atoms with Gasteiger partial charge < -0.3 is 9.80 Å². The maximum Gasteiger partial charge on any atom is 0.416 e. The molecule has 10 heteroatoms. The second kappa shape index (κ2) is 7.36. The zero-order chi connectivity index (χ0) is 21.6. The molecule has 3 unspecified atom stereocenters. The Hall–Kier alpha value is -3.43. The van der Waals surface area contributed by atoms with E-state index in [-0.39, 0.29) is 23.9 Å². The SMILES string of the molecule is O=CN1C2CCC1C(N(c1cc(C(F)(F)F)ccn1)c1ccccc1-n1nccn1)C2. The summed E-state index contributed by atoms with van der Waals surface area (Å²) in [6, 6.07) is 9.04. The Morgan fingerprint density at radius 2 is 1.84 bits per heavy atom. The highest BCUT2D eigenvalue weighted by Gasteiger charge is 2.49. The van der Waals surface area contributed by atoms with Crippen LogP contribution in [0.5, 0.6) is 0 Å². The van der Waals surface area contributed by atoms with Crippen LogP contribution in [0.1, 0.15) is 24.8 Å². The Morgan fingerprint density at radius 1 is 1.06 bits per heavy atom. The Bertz CT molecular complexity index is 1090. The van der Waals surface area contributed by atoms with Gasteiger partial charge in [0.15, 0.2) is 0 Å². The quantitative estimate of drug-likeness (QED) is 0.581. The molecule has 5 rings (SSSR count). The second-order valence-electron chi connectivity index (χ2n) is 7.73. The molecular formula is C21H19F3N6O. The van der Waals surface area contributed by atoms with Crippen LogP contribution in [0.2, 0.25) is 0 Å². The normalized spacial score (nSPS) is 22.7. The zero-order valence-corrected chi connectivity index (χ0v) is 16.4. The molecule has 160 valence electrons. The van der Waals surface area contributed by atoms with E-state index < -0.39 is 11.7 Å². The predicted octanol–water partition coefficient (Wildman–Crippen LogP) is 3.58. The number of para-hydroxylation sites is 2. The summed E-state index contributed by atoms with van der Waals surface area (Å²) in [7, 11) is 0. The molecule has 0 saturated carbocycles. The summed E-state index contributed by atoms with van der Waals surface area (Å²) in [5.74, 6) is 0.179. The first-order valence-corrected chi connectivity index (χ1v) is 9.98. The monoisotopic (exact) mass is 428 g/mol. The summed E-state index contributed by atoms with van der Waals surface area (Å²) >= 11 is 0. The van der Waals surface area contributed by atoms with Crippen LogP contribution in [0.25, 0.3) is 5.69 Å². The summed E-state index contributed by atoms with van der Waals surface area (Å²) in [4.78, 5) is 21.0. The lowest BCUT2D eigenvalue weighted by molar-refractivity contribution is -0.137. The van der Waals surface area contributed by atoms with E-state index in [0.29, 0.717) is 17.8 Å². The third-order valence-electron chi connectivity index (χ3n) is 6.11. The molecule has 2 aliphatic rings. The van der Waals surface area contributed by atoms with Gasteiger partial charge in [0.05, 0.1) is 35.7 Å². The molecule has 2 bridgehead atoms. The van der Waals surface area contributed by atoms with Crippen molar-refractivity contribution in [1.82, 2.24) is 24.9 Å². The van der Waals surface area contributed by atoms with Gasteiger partial charge >= 0.3 is 6.18 Å². The smallest absolute Gasteiger partial charge is 0.337 e. The van der Waals surface area contributed by atoms with Crippen molar-refractivity contribution in [3.05, 3.63) is 60.6 Å². The van der Waals surface area contributed by atoms with Crippen molar-refractivity contribution in [2.45, 2.75) is 43.6 Å². The molecule has 3 atom stereocenters. The molecule has 7 nitrogen and oxygen atoms in total. The van der Waals surface area contributed by atoms with Gasteiger partial charge in [-0.2, -0.15) is 23.4 Å². The minimum atomic E-state index is -4.49. The van der Waals surface area contributed by atoms with Crippen LogP contribution in [-0.4, -0.2) is 49.4 Å². The minimum absolute atomic E-state index is 0.0794. The van der Waals surface area contributed by atoms with E-state index in [0.717, 1.165) is 31.4 Å². The number of rotatable bonds is 5. The summed E-state index contributed by atoms with van der Waals surface area (Å²) in [5, 5.41) is 8.40. The number of hydrogen-bond donors (Lipinski definition) is 0. The van der Waals surface area contributed by atoms with E-state index in [9.17, 15) is 18.0 Å². The second-order valence-corrected chi connectivity index (χ2v) is 7.73. The predicted molar refractivity (Wildman–Crippen MR) is 106 cm³/mol. The maximum atomic E-state index is 13.5. The van der Waals surface area contributed by atoms with Crippen LogP contribution >= 0.6 is 0 Å². The van der Waals surface area contributed by atoms with Crippen molar-refractivity contribution in [3.8, 4) is 5.69 Å². The van der Waals surface area contributed by atoms with Gasteiger partial charge in [-0.05, 0) is 43.5 Å². The largest absolute Gasteiger partial charge is 0.416 e. The van der Waals surface area contributed by atoms with Gasteiger partial charge in [0.25, 0.3) is 0 Å². The van der Waals surface area contributed by atoms with Gasteiger partial charge in [0, 0.05) is 12.2 Å². The Balaban J connectivity index is 1.67. The number of anilines is 2. The number of amides is 1. The summed E-state index contributed by atoms with van der Waals surface area (Å²) in [5.41, 5.74) is 0.480. The van der Waals surface area contributed by atoms with Crippen molar-refractivity contribution in [2.24, 2.45) is 0 Å². The molecule has 0 radical (unpaired) electrons. The third-order valence-corrected chi connectivity index (χ3v) is 6.11. The fourth-order valence-corrected chi connectivity index (χ4v) is 4.82. The molecule has 0 spiro atoms. The highest BCUT2D eigenvalue weighted by molar-refractivity contribution is 5.71. The number of pyridine rings is 1. The van der Waals surface area contributed by atoms with Gasteiger partial charge in [-0.15, -0.1) is 4.80 Å². The number of carbonyl (C=O) groups is 1. The van der Waals surface area contributed by atoms with E-state index in [1.165, 1.54) is 23.4 Å². The van der Waals surface area contributed by atoms with E-state index in [2.05, 4.69) is 15.2 Å². The Labute approximate surface area is 176 Å². The number of aromatic nitrogens is 4. The molecule has 0 N–H and O–H groups in total. The van der Waals surface area contributed by atoms with Gasteiger partial charge in [0.2, 0.25) is 6.41 Å². The van der Waals surface area contributed by atoms with Gasteiger partial charge in [-0.3, -0.25) is 4.79 Å². The Kier molecular flexibility index (Phi) is 4.64. The molecule has 0 aliphatic carbocycles. The first kappa shape index (κ1) is 19.5. The lowest BCUT2D eigenvalue weighted by atomic mass is 9.93. The highest BCUT2D eigenvalue weighted by Crippen LogP contribution is 2.44. The van der Waals surface area contributed by atoms with E-state index in [1.54, 1.807) is 11.0 Å². The van der Waals surface area contributed by atoms with Crippen LogP contribution < -0.4 is 4.90 Å². The van der Waals surface area contributed by atoms with E-state index in [4.69, 9.17) is 0 Å². The average Bonchev–Trinajstić information content (AvgIpc) is 3.50. The van der Waals surface area contributed by atoms with Crippen molar-refractivity contribution in [3.63, 3.8) is 0 Å². The highest BCUT2D eigenvalue weighted by atomic mass is 19.4. The third kappa shape index (κ3) is 3.31. The number of fused-ring (bicyclic) bond motifs is 2. The van der Waals surface area contributed by atoms with Crippen molar-refractivity contribution in [2.75, 3.05) is 4.90 Å². The van der Waals surface area contributed by atoms with Crippen molar-refractivity contribution >= 4 is 17.9 Å². The fourth-order valence-electron chi connectivity index (χ4n) is 4.82. The topological polar surface area (TPSA) is 67.2 Å². The number of carbonyl (C=O) groups excluding carboxylic acids is 1. The van der Waals surface area contributed by atoms with Crippen LogP contribution in [0.3, 0.4) is 0 Å². The summed E-state index contributed by atoms with van der Waals surface area (Å²) in [6.07, 6.45) is 2.95. The van der Waals surface area contributed by atoms with Crippen LogP contribution in [-0.2, 0) is 11.0 Å². The summed E-state index contributed by atoms with van der Waals surface area (Å²) < 4.78 is 40.4. The van der Waals surface area contributed by atoms with E-state index in [1.807, 2.05) is 23.1 Å². The first-order valence-electron chi connectivity index (χ1n) is 9.98. The molecule has 31 heavy (non-hydrogen) atoms. The maximum absolute atomic E-state index is 13.5. The van der Waals surface area contributed by atoms with Crippen LogP contribution in [0.15, 0.2) is 55.0 Å². The molecule has 1 aromatic carbocycles. The number of halogens is 3. The molecule has 3 aromatic rings. The Morgan fingerprint density at radius 3 is 2.55 bits per heavy atom. The van der Waals surface area contributed by atoms with Crippen LogP contribution in [0.4, 0.5) is 24.7 Å². The van der Waals surface area contributed by atoms with Crippen LogP contribution in [0, 0.1) is 0 Å². The minimum Gasteiger partial charge on any atom is -0.337 e. The number of benzene rings is 1. The van der Waals surface area contributed by atoms with E-state index >= 15 is 0 Å². The fraction of sp³-hybridized carbons (Fsp3) is 0.333. The lowest BCUT2D eigenvalue weighted by Crippen LogP contribution is -2.42. The number of nitrogens with zero attached hydrogens (tertiary/aromatic N) is 6. The number of alkyl halides is 3. The lowest BCUT2D eigenvalue weighted by Gasteiger charge is -2.36. The average molecular weight is 428 g/mol. The molecule has 1 amide bonds. The van der Waals surface area contributed by atoms with Gasteiger partial charge in [0.1, 0.15) is 11.5 Å². The van der Waals surface area contributed by atoms with Crippen molar-refractivity contribution in [1.29, 1.82) is 0 Å². The molecule has 2 fully saturated rings. The molecular weight excluding hydrogens is 409 g/mol. The molecule has 4 heterocycles. The zero-order valence-electron chi connectivity index (χ0n) is 16.4. The van der Waals surface area contributed by atoms with Gasteiger partial charge in [-0.25, -0.2) is 4.98 Å². The summed E-state index contributed by atoms with van der Waals surface area (Å²) in [6.45, 7) is 0. The number of hydrogen-bond acceptors (Lipinski definition) is 5. The first-order chi connectivity index (χ1) is 15.0. The molecule has 2 aliphatic heterocycles. The molecule has 2 aromatic heterocycles. The standard InChI is InChI=1S/C21H19F3N6O/c22-21(23,24)14-7-8-25-20(11-14)29(19-12-15-5-6-16(19)28(15)13-31)17-3-1-2-4-18(17)30-26-9-10-27-30/h1-4,7-11,13,15-16,19H,5-6,12H2. The van der Waals surface area contributed by atoms with Gasteiger partial charge in [-0.1, -0.05) is 12.1 Å². The van der Waals surface area contributed by atoms with Crippen molar-refractivity contribution < 1.29 is 18.0 Å². The molecule has 2 saturated heterocycles.